The Labute approximate surface area is 97.5 Å². The molecule has 2 aliphatic rings. The molecular formula is C13H11N3O. The van der Waals surface area contributed by atoms with Crippen molar-refractivity contribution in [3.8, 4) is 11.3 Å². The van der Waals surface area contributed by atoms with E-state index in [9.17, 15) is 0 Å². The highest BCUT2D eigenvalue weighted by Crippen LogP contribution is 2.27. The highest BCUT2D eigenvalue weighted by atomic mass is 16.3. The zero-order valence-electron chi connectivity index (χ0n) is 9.05. The molecule has 0 atom stereocenters. The molecule has 0 unspecified atom stereocenters. The molecule has 0 aromatic heterocycles. The summed E-state index contributed by atoms with van der Waals surface area (Å²) in [6.07, 6.45) is 0. The third kappa shape index (κ3) is 1.59. The SMILES string of the molecule is N/N=c1/ccc2cc3ccc(N)cc3oc-2c1. The predicted molar refractivity (Wildman–Crippen MR) is 67.0 cm³/mol. The van der Waals surface area contributed by atoms with Crippen molar-refractivity contribution in [2.75, 3.05) is 5.73 Å². The van der Waals surface area contributed by atoms with Crippen LogP contribution in [0.5, 0.6) is 0 Å². The lowest BCUT2D eigenvalue weighted by Gasteiger charge is -2.07. The number of nitrogens with zero attached hydrogens (tertiary/aromatic N) is 1. The number of nitrogens with two attached hydrogens (primary N) is 2. The number of nitrogen functional groups attached to an aromatic ring is 1. The standard InChI is InChI=1S/C13H11N3O/c14-10-3-1-8-5-9-2-4-11(16-15)7-13(9)17-12(8)6-10/h1-7H,14-15H2/b16-11-. The van der Waals surface area contributed by atoms with Gasteiger partial charge in [-0.1, -0.05) is 0 Å². The van der Waals surface area contributed by atoms with Crippen LogP contribution in [0.15, 0.2) is 52.0 Å². The van der Waals surface area contributed by atoms with E-state index in [1.165, 1.54) is 0 Å². The van der Waals surface area contributed by atoms with Gasteiger partial charge in [0, 0.05) is 28.8 Å². The first-order valence-electron chi connectivity index (χ1n) is 5.23. The maximum atomic E-state index is 5.77. The number of hydrogen-bond acceptors (Lipinski definition) is 4. The van der Waals surface area contributed by atoms with Gasteiger partial charge in [0.15, 0.2) is 0 Å². The van der Waals surface area contributed by atoms with Crippen LogP contribution in [0.25, 0.3) is 22.3 Å². The van der Waals surface area contributed by atoms with E-state index in [-0.39, 0.29) is 0 Å². The summed E-state index contributed by atoms with van der Waals surface area (Å²) in [7, 11) is 0. The number of benzene rings is 2. The van der Waals surface area contributed by atoms with Crippen molar-refractivity contribution >= 4 is 16.7 Å². The molecule has 4 nitrogen and oxygen atoms in total. The van der Waals surface area contributed by atoms with Crippen molar-refractivity contribution in [2.45, 2.75) is 0 Å². The number of fused-ring (bicyclic) bond motifs is 2. The summed E-state index contributed by atoms with van der Waals surface area (Å²) in [6.45, 7) is 0. The zero-order chi connectivity index (χ0) is 11.8. The topological polar surface area (TPSA) is 77.5 Å². The minimum atomic E-state index is 0.681. The maximum absolute atomic E-state index is 5.77. The molecule has 84 valence electrons. The molecule has 1 aromatic rings. The molecule has 1 aliphatic carbocycles. The molecule has 1 aromatic carbocycles. The minimum absolute atomic E-state index is 0.681. The average molecular weight is 225 g/mol. The van der Waals surface area contributed by atoms with Crippen molar-refractivity contribution < 1.29 is 4.42 Å². The van der Waals surface area contributed by atoms with Gasteiger partial charge in [-0.15, -0.1) is 0 Å². The fraction of sp³-hybridized carbons (Fsp3) is 0. The second-order valence-corrected chi connectivity index (χ2v) is 3.89. The van der Waals surface area contributed by atoms with Gasteiger partial charge in [-0.25, -0.2) is 0 Å². The van der Waals surface area contributed by atoms with E-state index in [0.29, 0.717) is 11.0 Å². The second-order valence-electron chi connectivity index (χ2n) is 3.89. The number of rotatable bonds is 0. The van der Waals surface area contributed by atoms with E-state index in [1.54, 1.807) is 12.1 Å². The first-order chi connectivity index (χ1) is 8.26. The molecule has 4 heteroatoms. The quantitative estimate of drug-likeness (QED) is 0.265. The first kappa shape index (κ1) is 9.72. The zero-order valence-corrected chi connectivity index (χ0v) is 9.05. The molecule has 17 heavy (non-hydrogen) atoms. The third-order valence-corrected chi connectivity index (χ3v) is 2.71. The Morgan fingerprint density at radius 1 is 1.00 bits per heavy atom. The van der Waals surface area contributed by atoms with Gasteiger partial charge < -0.3 is 16.0 Å². The minimum Gasteiger partial charge on any atom is -0.456 e. The highest BCUT2D eigenvalue weighted by molar-refractivity contribution is 5.84. The number of hydrogen-bond donors (Lipinski definition) is 2. The Morgan fingerprint density at radius 2 is 1.88 bits per heavy atom. The molecule has 0 bridgehead atoms. The Bertz CT molecular complexity index is 730. The summed E-state index contributed by atoms with van der Waals surface area (Å²) in [5.41, 5.74) is 8.17. The molecular weight excluding hydrogens is 214 g/mol. The van der Waals surface area contributed by atoms with Crippen molar-refractivity contribution in [1.82, 2.24) is 0 Å². The van der Waals surface area contributed by atoms with Crippen molar-refractivity contribution in [3.05, 3.63) is 47.8 Å². The summed E-state index contributed by atoms with van der Waals surface area (Å²) < 4.78 is 5.77. The van der Waals surface area contributed by atoms with Gasteiger partial charge in [0.05, 0.1) is 5.36 Å². The van der Waals surface area contributed by atoms with Crippen LogP contribution in [0.2, 0.25) is 0 Å². The van der Waals surface area contributed by atoms with Crippen LogP contribution in [0, 0.1) is 0 Å². The average Bonchev–Trinajstić information content (AvgIpc) is 2.35. The molecule has 0 fully saturated rings. The van der Waals surface area contributed by atoms with E-state index in [1.807, 2.05) is 30.3 Å². The summed E-state index contributed by atoms with van der Waals surface area (Å²) >= 11 is 0. The molecule has 1 aliphatic heterocycles. The van der Waals surface area contributed by atoms with Crippen molar-refractivity contribution in [3.63, 3.8) is 0 Å². The lowest BCUT2D eigenvalue weighted by atomic mass is 10.1. The van der Waals surface area contributed by atoms with E-state index < -0.39 is 0 Å². The van der Waals surface area contributed by atoms with E-state index in [2.05, 4.69) is 5.10 Å². The normalized spacial score (nSPS) is 12.4. The third-order valence-electron chi connectivity index (χ3n) is 2.71. The molecule has 3 rings (SSSR count). The lowest BCUT2D eigenvalue weighted by molar-refractivity contribution is 0.618. The van der Waals surface area contributed by atoms with Gasteiger partial charge in [-0.05, 0) is 30.3 Å². The molecule has 0 amide bonds. The van der Waals surface area contributed by atoms with Gasteiger partial charge in [0.25, 0.3) is 0 Å². The Morgan fingerprint density at radius 3 is 2.71 bits per heavy atom. The van der Waals surface area contributed by atoms with Gasteiger partial charge >= 0.3 is 0 Å². The number of anilines is 1. The summed E-state index contributed by atoms with van der Waals surface area (Å²) in [5.74, 6) is 5.99. The van der Waals surface area contributed by atoms with E-state index in [4.69, 9.17) is 16.0 Å². The molecule has 0 saturated heterocycles. The summed E-state index contributed by atoms with van der Waals surface area (Å²) in [5, 5.41) is 5.34. The van der Waals surface area contributed by atoms with Crippen LogP contribution in [0.1, 0.15) is 0 Å². The van der Waals surface area contributed by atoms with Crippen LogP contribution < -0.4 is 16.9 Å². The molecule has 0 saturated carbocycles. The smallest absolute Gasteiger partial charge is 0.136 e. The first-order valence-corrected chi connectivity index (χ1v) is 5.23. The molecule has 0 radical (unpaired) electrons. The van der Waals surface area contributed by atoms with Crippen LogP contribution in [-0.2, 0) is 0 Å². The van der Waals surface area contributed by atoms with E-state index >= 15 is 0 Å². The summed E-state index contributed by atoms with van der Waals surface area (Å²) in [4.78, 5) is 0. The van der Waals surface area contributed by atoms with Gasteiger partial charge in [-0.2, -0.15) is 5.10 Å². The van der Waals surface area contributed by atoms with Gasteiger partial charge in [0.1, 0.15) is 11.3 Å². The Balaban J connectivity index is 2.41. The van der Waals surface area contributed by atoms with Crippen LogP contribution in [-0.4, -0.2) is 0 Å². The second kappa shape index (κ2) is 3.52. The highest BCUT2D eigenvalue weighted by Gasteiger charge is 2.06. The maximum Gasteiger partial charge on any atom is 0.136 e. The fourth-order valence-electron chi connectivity index (χ4n) is 1.86. The predicted octanol–water partition coefficient (Wildman–Crippen LogP) is 1.89. The largest absolute Gasteiger partial charge is 0.456 e. The Hall–Kier alpha value is -2.49. The molecule has 4 N–H and O–H groups in total. The fourth-order valence-corrected chi connectivity index (χ4v) is 1.86. The van der Waals surface area contributed by atoms with Gasteiger partial charge in [-0.3, -0.25) is 0 Å². The van der Waals surface area contributed by atoms with Crippen molar-refractivity contribution in [2.24, 2.45) is 10.9 Å². The molecule has 0 spiro atoms. The monoisotopic (exact) mass is 225 g/mol. The lowest BCUT2D eigenvalue weighted by Crippen LogP contribution is -2.04. The van der Waals surface area contributed by atoms with Crippen molar-refractivity contribution in [1.29, 1.82) is 0 Å². The van der Waals surface area contributed by atoms with E-state index in [0.717, 1.165) is 22.3 Å². The Kier molecular flexibility index (Phi) is 2.01. The summed E-state index contributed by atoms with van der Waals surface area (Å²) in [6, 6.07) is 13.2. The van der Waals surface area contributed by atoms with Gasteiger partial charge in [0.2, 0.25) is 0 Å². The van der Waals surface area contributed by atoms with Crippen LogP contribution >= 0.6 is 0 Å². The molecule has 1 heterocycles. The van der Waals surface area contributed by atoms with Crippen LogP contribution in [0.3, 0.4) is 0 Å². The van der Waals surface area contributed by atoms with Crippen LogP contribution in [0.4, 0.5) is 5.69 Å².